The van der Waals surface area contributed by atoms with Crippen molar-refractivity contribution in [3.8, 4) is 0 Å². The molecule has 0 unspecified atom stereocenters. The highest BCUT2D eigenvalue weighted by Gasteiger charge is 2.54. The number of aromatic nitrogens is 3. The lowest BCUT2D eigenvalue weighted by molar-refractivity contribution is -0.0115. The second-order valence-electron chi connectivity index (χ2n) is 8.01. The van der Waals surface area contributed by atoms with E-state index in [4.69, 9.17) is 0 Å². The van der Waals surface area contributed by atoms with Gasteiger partial charge in [0.25, 0.3) is 5.91 Å². The van der Waals surface area contributed by atoms with Crippen molar-refractivity contribution in [2.45, 2.75) is 36.8 Å². The zero-order valence-corrected chi connectivity index (χ0v) is 15.8. The number of fused-ring (bicyclic) bond motifs is 2. The molecule has 1 aliphatic carbocycles. The van der Waals surface area contributed by atoms with Gasteiger partial charge in [-0.05, 0) is 30.4 Å². The van der Waals surface area contributed by atoms with E-state index in [1.165, 1.54) is 17.5 Å². The van der Waals surface area contributed by atoms with Crippen molar-refractivity contribution < 1.29 is 9.90 Å². The number of hydrogen-bond donors (Lipinski definition) is 2. The standard InChI is InChI=1S/C21H25N5O2/c27-18-17(25-10-4-1-5-11-25)15-6-2-3-7-16(15)21(18)8-12-26(13-9-21)20(28)19-22-14-23-24-19/h1-4,6-7,14,17-18,27H,5,8-13H2,(H,22,23,24)/t17-,18+/m0/s1. The van der Waals surface area contributed by atoms with Gasteiger partial charge in [0.2, 0.25) is 5.82 Å². The summed E-state index contributed by atoms with van der Waals surface area (Å²) in [4.78, 5) is 20.8. The van der Waals surface area contributed by atoms with E-state index >= 15 is 0 Å². The number of piperidine rings is 1. The average molecular weight is 379 g/mol. The molecule has 2 aliphatic heterocycles. The predicted molar refractivity (Wildman–Crippen MR) is 104 cm³/mol. The molecule has 3 aliphatic rings. The molecule has 5 rings (SSSR count). The SMILES string of the molecule is O=C(c1ncn[nH]1)N1CCC2(CC1)c1ccccc1[C@H](N1CC=CCC1)[C@H]2O. The molecule has 0 radical (unpaired) electrons. The first kappa shape index (κ1) is 17.6. The number of hydrogen-bond acceptors (Lipinski definition) is 5. The number of H-pyrrole nitrogens is 1. The minimum absolute atomic E-state index is 0.0256. The molecule has 1 saturated heterocycles. The highest BCUT2D eigenvalue weighted by molar-refractivity contribution is 5.90. The largest absolute Gasteiger partial charge is 0.390 e. The summed E-state index contributed by atoms with van der Waals surface area (Å²) in [6.07, 6.45) is 7.84. The van der Waals surface area contributed by atoms with Crippen LogP contribution in [0.3, 0.4) is 0 Å². The number of likely N-dealkylation sites (tertiary alicyclic amines) is 1. The quantitative estimate of drug-likeness (QED) is 0.775. The van der Waals surface area contributed by atoms with E-state index in [-0.39, 0.29) is 23.2 Å². The second-order valence-corrected chi connectivity index (χ2v) is 8.01. The maximum Gasteiger partial charge on any atom is 0.291 e. The lowest BCUT2D eigenvalue weighted by Gasteiger charge is -2.43. The molecule has 7 nitrogen and oxygen atoms in total. The van der Waals surface area contributed by atoms with E-state index < -0.39 is 6.10 Å². The summed E-state index contributed by atoms with van der Waals surface area (Å²) in [5.74, 6) is 0.159. The van der Waals surface area contributed by atoms with E-state index in [1.807, 2.05) is 4.90 Å². The van der Waals surface area contributed by atoms with Crippen molar-refractivity contribution >= 4 is 5.91 Å². The first-order valence-electron chi connectivity index (χ1n) is 10.0. The van der Waals surface area contributed by atoms with Crippen LogP contribution in [0.25, 0.3) is 0 Å². The molecular formula is C21H25N5O2. The Bertz CT molecular complexity index is 886. The Hall–Kier alpha value is -2.51. The number of benzene rings is 1. The third kappa shape index (κ3) is 2.61. The first-order valence-corrected chi connectivity index (χ1v) is 10.0. The van der Waals surface area contributed by atoms with Crippen LogP contribution in [0.4, 0.5) is 0 Å². The van der Waals surface area contributed by atoms with Crippen molar-refractivity contribution in [1.29, 1.82) is 0 Å². The van der Waals surface area contributed by atoms with E-state index in [0.29, 0.717) is 13.1 Å². The number of carbonyl (C=O) groups excluding carboxylic acids is 1. The van der Waals surface area contributed by atoms with Gasteiger partial charge in [-0.15, -0.1) is 0 Å². The summed E-state index contributed by atoms with van der Waals surface area (Å²) in [6, 6.07) is 8.50. The number of carbonyl (C=O) groups is 1. The third-order valence-electron chi connectivity index (χ3n) is 6.72. The van der Waals surface area contributed by atoms with Gasteiger partial charge in [-0.3, -0.25) is 14.8 Å². The Balaban J connectivity index is 1.42. The van der Waals surface area contributed by atoms with Gasteiger partial charge in [-0.25, -0.2) is 4.98 Å². The van der Waals surface area contributed by atoms with Crippen LogP contribution in [0.15, 0.2) is 42.7 Å². The first-order chi connectivity index (χ1) is 13.7. The maximum absolute atomic E-state index is 12.6. The van der Waals surface area contributed by atoms with Gasteiger partial charge in [-0.1, -0.05) is 36.4 Å². The van der Waals surface area contributed by atoms with Gasteiger partial charge >= 0.3 is 0 Å². The van der Waals surface area contributed by atoms with Crippen molar-refractivity contribution in [3.05, 3.63) is 59.7 Å². The molecule has 7 heteroatoms. The van der Waals surface area contributed by atoms with Crippen LogP contribution in [-0.4, -0.2) is 68.3 Å². The topological polar surface area (TPSA) is 85.4 Å². The number of amides is 1. The smallest absolute Gasteiger partial charge is 0.291 e. The fourth-order valence-corrected chi connectivity index (χ4v) is 5.28. The predicted octanol–water partition coefficient (Wildman–Crippen LogP) is 1.66. The molecule has 3 heterocycles. The van der Waals surface area contributed by atoms with Crippen LogP contribution in [0.5, 0.6) is 0 Å². The summed E-state index contributed by atoms with van der Waals surface area (Å²) in [5, 5.41) is 18.0. The summed E-state index contributed by atoms with van der Waals surface area (Å²) < 4.78 is 0. The monoisotopic (exact) mass is 379 g/mol. The van der Waals surface area contributed by atoms with Crippen molar-refractivity contribution in [1.82, 2.24) is 25.0 Å². The van der Waals surface area contributed by atoms with Gasteiger partial charge in [-0.2, -0.15) is 5.10 Å². The van der Waals surface area contributed by atoms with Crippen molar-refractivity contribution in [2.24, 2.45) is 0 Å². The van der Waals surface area contributed by atoms with E-state index in [1.54, 1.807) is 0 Å². The van der Waals surface area contributed by atoms with Crippen LogP contribution < -0.4 is 0 Å². The number of nitrogens with zero attached hydrogens (tertiary/aromatic N) is 4. The molecule has 2 aromatic rings. The van der Waals surface area contributed by atoms with Gasteiger partial charge in [0.15, 0.2) is 0 Å². The molecule has 146 valence electrons. The molecule has 28 heavy (non-hydrogen) atoms. The van der Waals surface area contributed by atoms with Gasteiger partial charge in [0.1, 0.15) is 6.33 Å². The summed E-state index contributed by atoms with van der Waals surface area (Å²) in [5.41, 5.74) is 2.22. The normalized spacial score (nSPS) is 26.5. The van der Waals surface area contributed by atoms with E-state index in [0.717, 1.165) is 32.4 Å². The maximum atomic E-state index is 12.6. The zero-order chi connectivity index (χ0) is 19.1. The fourth-order valence-electron chi connectivity index (χ4n) is 5.28. The summed E-state index contributed by atoms with van der Waals surface area (Å²) in [7, 11) is 0. The van der Waals surface area contributed by atoms with Gasteiger partial charge in [0.05, 0.1) is 12.1 Å². The molecule has 2 N–H and O–H groups in total. The molecule has 1 amide bonds. The molecule has 2 atom stereocenters. The zero-order valence-electron chi connectivity index (χ0n) is 15.8. The van der Waals surface area contributed by atoms with Crippen molar-refractivity contribution in [2.75, 3.05) is 26.2 Å². The van der Waals surface area contributed by atoms with Crippen LogP contribution in [0, 0.1) is 0 Å². The Morgan fingerprint density at radius 2 is 2.00 bits per heavy atom. The molecule has 1 spiro atoms. The van der Waals surface area contributed by atoms with Crippen LogP contribution >= 0.6 is 0 Å². The minimum Gasteiger partial charge on any atom is -0.390 e. The Kier molecular flexibility index (Phi) is 4.29. The molecule has 0 bridgehead atoms. The molecule has 0 saturated carbocycles. The highest BCUT2D eigenvalue weighted by atomic mass is 16.3. The van der Waals surface area contributed by atoms with Crippen LogP contribution in [0.1, 0.15) is 47.1 Å². The van der Waals surface area contributed by atoms with Crippen LogP contribution in [0.2, 0.25) is 0 Å². The average Bonchev–Trinajstić information content (AvgIpc) is 3.36. The Morgan fingerprint density at radius 3 is 2.71 bits per heavy atom. The van der Waals surface area contributed by atoms with Gasteiger partial charge < -0.3 is 10.0 Å². The van der Waals surface area contributed by atoms with Crippen molar-refractivity contribution in [3.63, 3.8) is 0 Å². The molecule has 1 aromatic heterocycles. The Morgan fingerprint density at radius 1 is 1.18 bits per heavy atom. The molecule has 1 fully saturated rings. The van der Waals surface area contributed by atoms with Gasteiger partial charge in [0, 0.05) is 31.6 Å². The number of nitrogens with one attached hydrogen (secondary N) is 1. The summed E-state index contributed by atoms with van der Waals surface area (Å²) in [6.45, 7) is 3.07. The third-order valence-corrected chi connectivity index (χ3v) is 6.72. The fraction of sp³-hybridized carbons (Fsp3) is 0.476. The number of aliphatic hydroxyl groups is 1. The number of aliphatic hydroxyl groups excluding tert-OH is 1. The number of rotatable bonds is 2. The highest BCUT2D eigenvalue weighted by Crippen LogP contribution is 2.53. The molecular weight excluding hydrogens is 354 g/mol. The minimum atomic E-state index is -0.459. The van der Waals surface area contributed by atoms with E-state index in [9.17, 15) is 9.90 Å². The lowest BCUT2D eigenvalue weighted by Crippen LogP contribution is -2.51. The molecule has 1 aromatic carbocycles. The van der Waals surface area contributed by atoms with E-state index in [2.05, 4.69) is 56.5 Å². The second kappa shape index (κ2) is 6.83. The van der Waals surface area contributed by atoms with Crippen LogP contribution in [-0.2, 0) is 5.41 Å². The summed E-state index contributed by atoms with van der Waals surface area (Å²) >= 11 is 0. The lowest BCUT2D eigenvalue weighted by atomic mass is 9.72. The Labute approximate surface area is 164 Å². The number of aromatic amines is 1.